The Hall–Kier alpha value is -1.80. The molecule has 0 aliphatic carbocycles. The summed E-state index contributed by atoms with van der Waals surface area (Å²) in [4.78, 5) is 1.26. The van der Waals surface area contributed by atoms with Crippen molar-refractivity contribution in [2.24, 2.45) is 0 Å². The Morgan fingerprint density at radius 2 is 1.82 bits per heavy atom. The molecule has 84 valence electrons. The zero-order chi connectivity index (χ0) is 11.7. The molecule has 0 amide bonds. The van der Waals surface area contributed by atoms with Gasteiger partial charge < -0.3 is 4.42 Å². The summed E-state index contributed by atoms with van der Waals surface area (Å²) in [6.45, 7) is 2.02. The maximum absolute atomic E-state index is 5.83. The van der Waals surface area contributed by atoms with Crippen molar-refractivity contribution in [1.82, 2.24) is 0 Å². The molecule has 2 heterocycles. The van der Waals surface area contributed by atoms with Crippen molar-refractivity contribution in [1.29, 1.82) is 0 Å². The summed E-state index contributed by atoms with van der Waals surface area (Å²) < 4.78 is 5.83. The number of hydrogen-bond acceptors (Lipinski definition) is 2. The van der Waals surface area contributed by atoms with Crippen molar-refractivity contribution in [2.45, 2.75) is 6.92 Å². The number of furan rings is 1. The first-order chi connectivity index (χ1) is 8.34. The monoisotopic (exact) mass is 240 g/mol. The Morgan fingerprint density at radius 3 is 2.53 bits per heavy atom. The van der Waals surface area contributed by atoms with Gasteiger partial charge in [0, 0.05) is 16.0 Å². The van der Waals surface area contributed by atoms with Gasteiger partial charge in [-0.15, -0.1) is 11.3 Å². The van der Waals surface area contributed by atoms with Crippen molar-refractivity contribution in [3.63, 3.8) is 0 Å². The first-order valence-corrected chi connectivity index (χ1v) is 6.42. The molecule has 0 radical (unpaired) electrons. The highest BCUT2D eigenvalue weighted by molar-refractivity contribution is 7.13. The molecule has 1 aromatic carbocycles. The third-order valence-corrected chi connectivity index (χ3v) is 3.67. The highest BCUT2D eigenvalue weighted by atomic mass is 32.1. The predicted octanol–water partition coefficient (Wildman–Crippen LogP) is 4.98. The molecule has 2 aromatic heterocycles. The minimum Gasteiger partial charge on any atom is -0.461 e. The zero-order valence-electron chi connectivity index (χ0n) is 9.51. The standard InChI is InChI=1S/C15H12OS/c1-11-13(15-8-5-9-17-15)10-14(16-11)12-6-3-2-4-7-12/h2-10H,1H3. The van der Waals surface area contributed by atoms with Crippen LogP contribution in [0, 0.1) is 6.92 Å². The molecule has 0 atom stereocenters. The largest absolute Gasteiger partial charge is 0.461 e. The Morgan fingerprint density at radius 1 is 1.00 bits per heavy atom. The Balaban J connectivity index is 2.08. The van der Waals surface area contributed by atoms with Gasteiger partial charge >= 0.3 is 0 Å². The zero-order valence-corrected chi connectivity index (χ0v) is 10.3. The fraction of sp³-hybridized carbons (Fsp3) is 0.0667. The van der Waals surface area contributed by atoms with E-state index in [0.717, 1.165) is 17.1 Å². The van der Waals surface area contributed by atoms with E-state index < -0.39 is 0 Å². The van der Waals surface area contributed by atoms with E-state index in [1.165, 1.54) is 10.4 Å². The maximum Gasteiger partial charge on any atom is 0.134 e. The average Bonchev–Trinajstić information content (AvgIpc) is 2.99. The van der Waals surface area contributed by atoms with Crippen molar-refractivity contribution in [3.05, 3.63) is 59.7 Å². The van der Waals surface area contributed by atoms with Crippen LogP contribution in [0.2, 0.25) is 0 Å². The lowest BCUT2D eigenvalue weighted by Gasteiger charge is -1.93. The van der Waals surface area contributed by atoms with E-state index in [-0.39, 0.29) is 0 Å². The quantitative estimate of drug-likeness (QED) is 0.615. The molecule has 0 unspecified atom stereocenters. The van der Waals surface area contributed by atoms with E-state index in [1.807, 2.05) is 25.1 Å². The smallest absolute Gasteiger partial charge is 0.134 e. The summed E-state index contributed by atoms with van der Waals surface area (Å²) in [5.41, 5.74) is 2.32. The lowest BCUT2D eigenvalue weighted by molar-refractivity contribution is 0.549. The molecule has 0 bridgehead atoms. The lowest BCUT2D eigenvalue weighted by atomic mass is 10.1. The molecule has 0 aliphatic heterocycles. The molecule has 0 saturated carbocycles. The summed E-state index contributed by atoms with van der Waals surface area (Å²) >= 11 is 1.74. The minimum atomic E-state index is 0.937. The van der Waals surface area contributed by atoms with Gasteiger partial charge in [-0.25, -0.2) is 0 Å². The van der Waals surface area contributed by atoms with E-state index in [0.29, 0.717) is 0 Å². The highest BCUT2D eigenvalue weighted by Gasteiger charge is 2.11. The summed E-state index contributed by atoms with van der Waals surface area (Å²) in [5.74, 6) is 1.91. The van der Waals surface area contributed by atoms with Crippen LogP contribution in [0.25, 0.3) is 21.8 Å². The fourth-order valence-electron chi connectivity index (χ4n) is 1.90. The molecule has 0 fully saturated rings. The van der Waals surface area contributed by atoms with Crippen LogP contribution in [0.3, 0.4) is 0 Å². The van der Waals surface area contributed by atoms with Gasteiger partial charge in [0.05, 0.1) is 0 Å². The first-order valence-electron chi connectivity index (χ1n) is 5.54. The van der Waals surface area contributed by atoms with E-state index >= 15 is 0 Å². The summed E-state index contributed by atoms with van der Waals surface area (Å²) in [7, 11) is 0. The maximum atomic E-state index is 5.83. The second-order valence-electron chi connectivity index (χ2n) is 3.92. The van der Waals surface area contributed by atoms with Crippen LogP contribution in [-0.4, -0.2) is 0 Å². The molecule has 2 heteroatoms. The van der Waals surface area contributed by atoms with Gasteiger partial charge in [0.15, 0.2) is 0 Å². The van der Waals surface area contributed by atoms with Gasteiger partial charge in [-0.2, -0.15) is 0 Å². The van der Waals surface area contributed by atoms with Gasteiger partial charge in [0.2, 0.25) is 0 Å². The van der Waals surface area contributed by atoms with Crippen LogP contribution in [0.1, 0.15) is 5.76 Å². The van der Waals surface area contributed by atoms with Crippen LogP contribution in [0.5, 0.6) is 0 Å². The second-order valence-corrected chi connectivity index (χ2v) is 4.87. The van der Waals surface area contributed by atoms with Gasteiger partial charge in [0.1, 0.15) is 11.5 Å². The molecule has 3 rings (SSSR count). The first kappa shape index (κ1) is 10.4. The Kier molecular flexibility index (Phi) is 2.57. The number of thiophene rings is 1. The molecular formula is C15H12OS. The van der Waals surface area contributed by atoms with Gasteiger partial charge in [-0.05, 0) is 24.4 Å². The Bertz CT molecular complexity index is 606. The molecule has 1 nitrogen and oxygen atoms in total. The summed E-state index contributed by atoms with van der Waals surface area (Å²) in [6.07, 6.45) is 0. The van der Waals surface area contributed by atoms with Crippen LogP contribution >= 0.6 is 11.3 Å². The molecule has 0 N–H and O–H groups in total. The summed E-state index contributed by atoms with van der Waals surface area (Å²) in [6, 6.07) is 16.5. The van der Waals surface area contributed by atoms with E-state index in [4.69, 9.17) is 4.42 Å². The number of rotatable bonds is 2. The normalized spacial score (nSPS) is 10.6. The molecule has 0 saturated heterocycles. The fourth-order valence-corrected chi connectivity index (χ4v) is 2.69. The third kappa shape index (κ3) is 1.92. The Labute approximate surface area is 104 Å². The third-order valence-electron chi connectivity index (χ3n) is 2.76. The summed E-state index contributed by atoms with van der Waals surface area (Å²) in [5, 5.41) is 2.09. The molecular weight excluding hydrogens is 228 g/mol. The second kappa shape index (κ2) is 4.22. The van der Waals surface area contributed by atoms with E-state index in [9.17, 15) is 0 Å². The number of benzene rings is 1. The highest BCUT2D eigenvalue weighted by Crippen LogP contribution is 2.34. The molecule has 3 aromatic rings. The van der Waals surface area contributed by atoms with Crippen LogP contribution < -0.4 is 0 Å². The average molecular weight is 240 g/mol. The predicted molar refractivity (Wildman–Crippen MR) is 72.2 cm³/mol. The van der Waals surface area contributed by atoms with Crippen LogP contribution in [0.15, 0.2) is 58.3 Å². The molecule has 0 aliphatic rings. The van der Waals surface area contributed by atoms with Gasteiger partial charge in [0.25, 0.3) is 0 Å². The topological polar surface area (TPSA) is 13.1 Å². The van der Waals surface area contributed by atoms with E-state index in [2.05, 4.69) is 35.7 Å². The SMILES string of the molecule is Cc1oc(-c2ccccc2)cc1-c1cccs1. The number of hydrogen-bond donors (Lipinski definition) is 0. The van der Waals surface area contributed by atoms with Crippen LogP contribution in [0.4, 0.5) is 0 Å². The number of aryl methyl sites for hydroxylation is 1. The van der Waals surface area contributed by atoms with E-state index in [1.54, 1.807) is 11.3 Å². The molecule has 0 spiro atoms. The van der Waals surface area contributed by atoms with Crippen molar-refractivity contribution >= 4 is 11.3 Å². The van der Waals surface area contributed by atoms with Crippen molar-refractivity contribution in [3.8, 4) is 21.8 Å². The lowest BCUT2D eigenvalue weighted by Crippen LogP contribution is -1.70. The van der Waals surface area contributed by atoms with Gasteiger partial charge in [-0.3, -0.25) is 0 Å². The molecule has 17 heavy (non-hydrogen) atoms. The van der Waals surface area contributed by atoms with Crippen LogP contribution in [-0.2, 0) is 0 Å². The minimum absolute atomic E-state index is 0.937. The van der Waals surface area contributed by atoms with Gasteiger partial charge in [-0.1, -0.05) is 36.4 Å². The van der Waals surface area contributed by atoms with Crippen molar-refractivity contribution in [2.75, 3.05) is 0 Å². The van der Waals surface area contributed by atoms with Crippen molar-refractivity contribution < 1.29 is 4.42 Å².